The second-order valence-corrected chi connectivity index (χ2v) is 10.7. The van der Waals surface area contributed by atoms with Crippen molar-refractivity contribution in [2.45, 2.75) is 91.5 Å². The van der Waals surface area contributed by atoms with Gasteiger partial charge in [0.05, 0.1) is 0 Å². The summed E-state index contributed by atoms with van der Waals surface area (Å²) in [7, 11) is 0. The standard InChI is InChI=1S/C26H39N3O4/c1-11-18-13-15-19(16-14-18)21(22(31)28-24(3,4)5)29(26(9,10)12-2)20(30)17-27-23(32)33-25(6,7)8/h1,13-16,21H,12,17H2,2-10H3,(H,27,32)(H,28,31). The smallest absolute Gasteiger partial charge is 0.408 e. The Morgan fingerprint density at radius 1 is 1.03 bits per heavy atom. The molecule has 0 radical (unpaired) electrons. The van der Waals surface area contributed by atoms with Crippen molar-refractivity contribution in [1.29, 1.82) is 0 Å². The van der Waals surface area contributed by atoms with Gasteiger partial charge < -0.3 is 20.3 Å². The highest BCUT2D eigenvalue weighted by atomic mass is 16.6. The van der Waals surface area contributed by atoms with Crippen LogP contribution in [0.15, 0.2) is 24.3 Å². The van der Waals surface area contributed by atoms with Crippen LogP contribution in [0.2, 0.25) is 0 Å². The molecular weight excluding hydrogens is 418 g/mol. The minimum atomic E-state index is -0.918. The third-order valence-corrected chi connectivity index (χ3v) is 4.97. The van der Waals surface area contributed by atoms with E-state index in [9.17, 15) is 14.4 Å². The van der Waals surface area contributed by atoms with Crippen molar-refractivity contribution >= 4 is 17.9 Å². The maximum Gasteiger partial charge on any atom is 0.408 e. The number of carbonyl (C=O) groups is 3. The lowest BCUT2D eigenvalue weighted by molar-refractivity contribution is -0.147. The minimum absolute atomic E-state index is 0.305. The molecule has 1 aromatic carbocycles. The summed E-state index contributed by atoms with van der Waals surface area (Å²) in [6.45, 7) is 16.3. The lowest BCUT2D eigenvalue weighted by Crippen LogP contribution is -2.57. The van der Waals surface area contributed by atoms with E-state index in [1.807, 2.05) is 41.5 Å². The van der Waals surface area contributed by atoms with Crippen LogP contribution in [-0.2, 0) is 14.3 Å². The van der Waals surface area contributed by atoms with E-state index < -0.39 is 34.7 Å². The predicted octanol–water partition coefficient (Wildman–Crippen LogP) is 4.17. The van der Waals surface area contributed by atoms with Crippen molar-refractivity contribution in [2.24, 2.45) is 0 Å². The zero-order chi connectivity index (χ0) is 25.6. The number of amides is 3. The largest absolute Gasteiger partial charge is 0.444 e. The van der Waals surface area contributed by atoms with Crippen LogP contribution in [0.5, 0.6) is 0 Å². The van der Waals surface area contributed by atoms with Crippen molar-refractivity contribution in [1.82, 2.24) is 15.5 Å². The molecule has 33 heavy (non-hydrogen) atoms. The summed E-state index contributed by atoms with van der Waals surface area (Å²) in [6.07, 6.45) is 5.38. The molecule has 0 bridgehead atoms. The maximum atomic E-state index is 13.5. The van der Waals surface area contributed by atoms with E-state index in [1.165, 1.54) is 4.90 Å². The van der Waals surface area contributed by atoms with Gasteiger partial charge in [-0.3, -0.25) is 9.59 Å². The lowest BCUT2D eigenvalue weighted by atomic mass is 9.92. The van der Waals surface area contributed by atoms with Crippen LogP contribution in [0.4, 0.5) is 4.79 Å². The molecule has 0 aliphatic carbocycles. The lowest BCUT2D eigenvalue weighted by Gasteiger charge is -2.43. The molecule has 0 aromatic heterocycles. The molecule has 182 valence electrons. The number of nitrogens with one attached hydrogen (secondary N) is 2. The van der Waals surface area contributed by atoms with Crippen molar-refractivity contribution in [3.8, 4) is 12.3 Å². The predicted molar refractivity (Wildman–Crippen MR) is 130 cm³/mol. The average Bonchev–Trinajstić information content (AvgIpc) is 2.67. The summed E-state index contributed by atoms with van der Waals surface area (Å²) in [5, 5.41) is 5.51. The van der Waals surface area contributed by atoms with Gasteiger partial charge in [0, 0.05) is 16.6 Å². The summed E-state index contributed by atoms with van der Waals surface area (Å²) in [5.41, 5.74) is -0.579. The summed E-state index contributed by atoms with van der Waals surface area (Å²) >= 11 is 0. The zero-order valence-electron chi connectivity index (χ0n) is 21.5. The summed E-state index contributed by atoms with van der Waals surface area (Å²) < 4.78 is 5.24. The average molecular weight is 458 g/mol. The highest BCUT2D eigenvalue weighted by Crippen LogP contribution is 2.32. The number of terminal acetylenes is 1. The van der Waals surface area contributed by atoms with E-state index in [4.69, 9.17) is 11.2 Å². The van der Waals surface area contributed by atoms with Crippen LogP contribution < -0.4 is 10.6 Å². The Kier molecular flexibility index (Phi) is 9.12. The van der Waals surface area contributed by atoms with Gasteiger partial charge in [0.2, 0.25) is 11.8 Å². The van der Waals surface area contributed by atoms with Crippen molar-refractivity contribution in [3.63, 3.8) is 0 Å². The van der Waals surface area contributed by atoms with Gasteiger partial charge in [-0.15, -0.1) is 6.42 Å². The number of benzene rings is 1. The van der Waals surface area contributed by atoms with Gasteiger partial charge in [0.15, 0.2) is 0 Å². The van der Waals surface area contributed by atoms with Crippen LogP contribution >= 0.6 is 0 Å². The molecule has 3 amide bonds. The molecule has 0 fully saturated rings. The van der Waals surface area contributed by atoms with E-state index >= 15 is 0 Å². The fourth-order valence-electron chi connectivity index (χ4n) is 3.17. The third kappa shape index (κ3) is 8.80. The number of rotatable bonds is 7. The van der Waals surface area contributed by atoms with Gasteiger partial charge in [0.25, 0.3) is 0 Å². The van der Waals surface area contributed by atoms with Crippen LogP contribution in [0, 0.1) is 12.3 Å². The van der Waals surface area contributed by atoms with E-state index in [0.29, 0.717) is 17.5 Å². The molecule has 0 saturated carbocycles. The molecule has 1 aromatic rings. The monoisotopic (exact) mass is 457 g/mol. The number of nitrogens with zero attached hydrogens (tertiary/aromatic N) is 1. The Morgan fingerprint density at radius 2 is 1.58 bits per heavy atom. The number of hydrogen-bond donors (Lipinski definition) is 2. The van der Waals surface area contributed by atoms with Crippen molar-refractivity contribution < 1.29 is 19.1 Å². The second-order valence-electron chi connectivity index (χ2n) is 10.7. The molecular formula is C26H39N3O4. The molecule has 7 nitrogen and oxygen atoms in total. The van der Waals surface area contributed by atoms with E-state index in [-0.39, 0.29) is 12.5 Å². The Labute approximate surface area is 198 Å². The number of hydrogen-bond acceptors (Lipinski definition) is 4. The molecule has 0 aliphatic rings. The topological polar surface area (TPSA) is 87.7 Å². The Balaban J connectivity index is 3.41. The molecule has 1 rings (SSSR count). The van der Waals surface area contributed by atoms with Crippen LogP contribution in [0.1, 0.15) is 85.9 Å². The van der Waals surface area contributed by atoms with Crippen molar-refractivity contribution in [3.05, 3.63) is 35.4 Å². The molecule has 0 saturated heterocycles. The molecule has 0 heterocycles. The SMILES string of the molecule is C#Cc1ccc(C(C(=O)NC(C)(C)C)N(C(=O)CNC(=O)OC(C)(C)C)C(C)(C)CC)cc1. The van der Waals surface area contributed by atoms with E-state index in [2.05, 4.69) is 16.6 Å². The van der Waals surface area contributed by atoms with E-state index in [0.717, 1.165) is 0 Å². The Hall–Kier alpha value is -3.01. The van der Waals surface area contributed by atoms with Gasteiger partial charge in [-0.05, 0) is 79.5 Å². The third-order valence-electron chi connectivity index (χ3n) is 4.97. The Bertz CT molecular complexity index is 884. The first-order valence-corrected chi connectivity index (χ1v) is 11.2. The summed E-state index contributed by atoms with van der Waals surface area (Å²) in [6, 6.07) is 6.09. The zero-order valence-corrected chi connectivity index (χ0v) is 21.5. The summed E-state index contributed by atoms with van der Waals surface area (Å²) in [5.74, 6) is 1.85. The molecule has 7 heteroatoms. The minimum Gasteiger partial charge on any atom is -0.444 e. The van der Waals surface area contributed by atoms with Gasteiger partial charge >= 0.3 is 6.09 Å². The van der Waals surface area contributed by atoms with E-state index in [1.54, 1.807) is 45.0 Å². The Morgan fingerprint density at radius 3 is 2.00 bits per heavy atom. The highest BCUT2D eigenvalue weighted by molar-refractivity contribution is 5.91. The highest BCUT2D eigenvalue weighted by Gasteiger charge is 2.40. The summed E-state index contributed by atoms with van der Waals surface area (Å²) in [4.78, 5) is 40.6. The molecule has 2 N–H and O–H groups in total. The number of alkyl carbamates (subject to hydrolysis) is 1. The van der Waals surface area contributed by atoms with Crippen LogP contribution in [-0.4, -0.2) is 46.0 Å². The molecule has 1 atom stereocenters. The van der Waals surface area contributed by atoms with Crippen molar-refractivity contribution in [2.75, 3.05) is 6.54 Å². The molecule has 0 aliphatic heterocycles. The number of carbonyl (C=O) groups excluding carboxylic acids is 3. The van der Waals surface area contributed by atoms with Crippen LogP contribution in [0.25, 0.3) is 0 Å². The molecule has 1 unspecified atom stereocenters. The first-order valence-electron chi connectivity index (χ1n) is 11.2. The quantitative estimate of drug-likeness (QED) is 0.602. The van der Waals surface area contributed by atoms with Gasteiger partial charge in [-0.2, -0.15) is 0 Å². The molecule has 0 spiro atoms. The van der Waals surface area contributed by atoms with Gasteiger partial charge in [-0.25, -0.2) is 4.79 Å². The van der Waals surface area contributed by atoms with Gasteiger partial charge in [-0.1, -0.05) is 25.0 Å². The second kappa shape index (κ2) is 10.7. The maximum absolute atomic E-state index is 13.5. The normalized spacial score (nSPS) is 12.8. The fraction of sp³-hybridized carbons (Fsp3) is 0.577. The van der Waals surface area contributed by atoms with Gasteiger partial charge in [0.1, 0.15) is 18.2 Å². The van der Waals surface area contributed by atoms with Crippen LogP contribution in [0.3, 0.4) is 0 Å². The number of ether oxygens (including phenoxy) is 1. The first kappa shape index (κ1) is 28.0. The fourth-order valence-corrected chi connectivity index (χ4v) is 3.17. The first-order chi connectivity index (χ1) is 15.0.